The van der Waals surface area contributed by atoms with Crippen molar-refractivity contribution < 1.29 is 4.39 Å². The first-order chi connectivity index (χ1) is 9.92. The number of aromatic nitrogens is 2. The Morgan fingerprint density at radius 2 is 1.76 bits per heavy atom. The zero-order valence-corrected chi connectivity index (χ0v) is 13.8. The van der Waals surface area contributed by atoms with Crippen LogP contribution >= 0.6 is 11.8 Å². The first-order valence-electron chi connectivity index (χ1n) is 6.88. The quantitative estimate of drug-likeness (QED) is 0.867. The summed E-state index contributed by atoms with van der Waals surface area (Å²) in [7, 11) is 1.86. The molecule has 1 atom stereocenters. The molecule has 0 saturated carbocycles. The van der Waals surface area contributed by atoms with Gasteiger partial charge in [0, 0.05) is 22.3 Å². The van der Waals surface area contributed by atoms with Crippen LogP contribution in [0.15, 0.2) is 28.3 Å². The molecule has 1 aromatic heterocycles. The molecule has 2 rings (SSSR count). The molecule has 1 aromatic carbocycles. The van der Waals surface area contributed by atoms with Crippen molar-refractivity contribution in [2.45, 2.75) is 43.8 Å². The summed E-state index contributed by atoms with van der Waals surface area (Å²) >= 11 is 1.47. The molecule has 0 bridgehead atoms. The van der Waals surface area contributed by atoms with Crippen molar-refractivity contribution >= 4 is 11.8 Å². The lowest BCUT2D eigenvalue weighted by atomic mass is 10.1. The molecule has 3 nitrogen and oxygen atoms in total. The highest BCUT2D eigenvalue weighted by Gasteiger charge is 2.14. The Morgan fingerprint density at radius 3 is 2.33 bits per heavy atom. The van der Waals surface area contributed by atoms with Crippen LogP contribution in [-0.4, -0.2) is 17.0 Å². The van der Waals surface area contributed by atoms with E-state index in [2.05, 4.69) is 15.3 Å². The molecule has 0 fully saturated rings. The maximum atomic E-state index is 13.5. The van der Waals surface area contributed by atoms with E-state index < -0.39 is 0 Å². The van der Waals surface area contributed by atoms with Gasteiger partial charge in [-0.05, 0) is 75.8 Å². The molecule has 0 radical (unpaired) electrons. The van der Waals surface area contributed by atoms with E-state index in [4.69, 9.17) is 0 Å². The number of nitrogens with zero attached hydrogens (tertiary/aromatic N) is 2. The van der Waals surface area contributed by atoms with Gasteiger partial charge in [-0.25, -0.2) is 14.4 Å². The fourth-order valence-corrected chi connectivity index (χ4v) is 3.04. The Balaban J connectivity index is 2.40. The maximum absolute atomic E-state index is 13.5. The van der Waals surface area contributed by atoms with Crippen molar-refractivity contribution in [2.75, 3.05) is 7.05 Å². The lowest BCUT2D eigenvalue weighted by molar-refractivity contribution is 0.601. The van der Waals surface area contributed by atoms with Gasteiger partial charge in [0.15, 0.2) is 5.16 Å². The van der Waals surface area contributed by atoms with Gasteiger partial charge in [-0.15, -0.1) is 0 Å². The summed E-state index contributed by atoms with van der Waals surface area (Å²) < 4.78 is 13.5. The minimum absolute atomic E-state index is 0.0656. The molecule has 0 aliphatic carbocycles. The second-order valence-electron chi connectivity index (χ2n) is 5.10. The number of hydrogen-bond donors (Lipinski definition) is 1. The molecule has 2 aromatic rings. The molecule has 0 spiro atoms. The van der Waals surface area contributed by atoms with Crippen molar-refractivity contribution in [3.05, 3.63) is 46.5 Å². The van der Waals surface area contributed by atoms with Crippen LogP contribution in [0.2, 0.25) is 0 Å². The van der Waals surface area contributed by atoms with Gasteiger partial charge in [-0.3, -0.25) is 0 Å². The SMILES string of the molecule is CNC(C)c1cc(F)ccc1Sc1nc(C)c(C)c(C)n1. The van der Waals surface area contributed by atoms with Crippen LogP contribution in [0.5, 0.6) is 0 Å². The molecular weight excluding hydrogens is 285 g/mol. The largest absolute Gasteiger partial charge is 0.313 e. The van der Waals surface area contributed by atoms with Gasteiger partial charge in [0.05, 0.1) is 0 Å². The van der Waals surface area contributed by atoms with Gasteiger partial charge in [0.25, 0.3) is 0 Å². The minimum atomic E-state index is -0.228. The summed E-state index contributed by atoms with van der Waals surface area (Å²) in [5, 5.41) is 3.85. The van der Waals surface area contributed by atoms with Crippen LogP contribution in [0.3, 0.4) is 0 Å². The van der Waals surface area contributed by atoms with Crippen LogP contribution in [0, 0.1) is 26.6 Å². The summed E-state index contributed by atoms with van der Waals surface area (Å²) in [5.74, 6) is -0.228. The topological polar surface area (TPSA) is 37.8 Å². The fraction of sp³-hybridized carbons (Fsp3) is 0.375. The van der Waals surface area contributed by atoms with Gasteiger partial charge in [-0.2, -0.15) is 0 Å². The third-order valence-electron chi connectivity index (χ3n) is 3.68. The fourth-order valence-electron chi connectivity index (χ4n) is 1.99. The Bertz CT molecular complexity index is 635. The monoisotopic (exact) mass is 305 g/mol. The minimum Gasteiger partial charge on any atom is -0.313 e. The number of aryl methyl sites for hydroxylation is 2. The van der Waals surface area contributed by atoms with Crippen molar-refractivity contribution in [1.29, 1.82) is 0 Å². The Labute approximate surface area is 129 Å². The summed E-state index contributed by atoms with van der Waals surface area (Å²) in [6.45, 7) is 7.99. The summed E-state index contributed by atoms with van der Waals surface area (Å²) in [6, 6.07) is 4.90. The van der Waals surface area contributed by atoms with Crippen LogP contribution in [-0.2, 0) is 0 Å². The van der Waals surface area contributed by atoms with Gasteiger partial charge in [-0.1, -0.05) is 0 Å². The van der Waals surface area contributed by atoms with E-state index in [0.29, 0.717) is 5.16 Å². The van der Waals surface area contributed by atoms with Gasteiger partial charge < -0.3 is 5.32 Å². The van der Waals surface area contributed by atoms with Crippen molar-refractivity contribution in [1.82, 2.24) is 15.3 Å². The van der Waals surface area contributed by atoms with Crippen LogP contribution in [0.4, 0.5) is 4.39 Å². The molecular formula is C16H20FN3S. The molecule has 0 aliphatic heterocycles. The van der Waals surface area contributed by atoms with E-state index in [1.165, 1.54) is 17.8 Å². The predicted molar refractivity (Wildman–Crippen MR) is 84.2 cm³/mol. The highest BCUT2D eigenvalue weighted by atomic mass is 32.2. The average molecular weight is 305 g/mol. The van der Waals surface area contributed by atoms with E-state index in [9.17, 15) is 4.39 Å². The smallest absolute Gasteiger partial charge is 0.192 e. The van der Waals surface area contributed by atoms with E-state index in [1.54, 1.807) is 12.1 Å². The third kappa shape index (κ3) is 3.60. The second-order valence-corrected chi connectivity index (χ2v) is 6.11. The first kappa shape index (κ1) is 15.9. The first-order valence-corrected chi connectivity index (χ1v) is 7.70. The molecule has 0 saturated heterocycles. The van der Waals surface area contributed by atoms with Gasteiger partial charge in [0.1, 0.15) is 5.82 Å². The summed E-state index contributed by atoms with van der Waals surface area (Å²) in [4.78, 5) is 10.0. The van der Waals surface area contributed by atoms with E-state index in [0.717, 1.165) is 27.4 Å². The van der Waals surface area contributed by atoms with Crippen LogP contribution < -0.4 is 5.32 Å². The lowest BCUT2D eigenvalue weighted by Crippen LogP contribution is -2.13. The zero-order valence-electron chi connectivity index (χ0n) is 13.0. The van der Waals surface area contributed by atoms with E-state index >= 15 is 0 Å². The Hall–Kier alpha value is -1.46. The third-order valence-corrected chi connectivity index (χ3v) is 4.64. The summed E-state index contributed by atoms with van der Waals surface area (Å²) in [6.07, 6.45) is 0. The van der Waals surface area contributed by atoms with Crippen LogP contribution in [0.1, 0.15) is 35.5 Å². The van der Waals surface area contributed by atoms with E-state index in [-0.39, 0.29) is 11.9 Å². The Kier molecular flexibility index (Phi) is 4.96. The molecule has 1 heterocycles. The molecule has 112 valence electrons. The van der Waals surface area contributed by atoms with Gasteiger partial charge >= 0.3 is 0 Å². The lowest BCUT2D eigenvalue weighted by Gasteiger charge is -2.15. The second kappa shape index (κ2) is 6.54. The molecule has 0 aliphatic rings. The Morgan fingerprint density at radius 1 is 1.14 bits per heavy atom. The number of hydrogen-bond acceptors (Lipinski definition) is 4. The standard InChI is InChI=1S/C16H20FN3S/c1-9-10(2)19-16(20-11(9)3)21-15-7-6-13(17)8-14(15)12(4)18-5/h6-8,12,18H,1-5H3. The number of rotatable bonds is 4. The maximum Gasteiger partial charge on any atom is 0.192 e. The normalized spacial score (nSPS) is 12.5. The number of halogens is 1. The predicted octanol–water partition coefficient (Wildman–Crippen LogP) is 3.97. The van der Waals surface area contributed by atoms with E-state index in [1.807, 2.05) is 34.7 Å². The number of benzene rings is 1. The highest BCUT2D eigenvalue weighted by molar-refractivity contribution is 7.99. The molecule has 5 heteroatoms. The summed E-state index contributed by atoms with van der Waals surface area (Å²) in [5.41, 5.74) is 4.00. The highest BCUT2D eigenvalue weighted by Crippen LogP contribution is 2.32. The number of nitrogens with one attached hydrogen (secondary N) is 1. The van der Waals surface area contributed by atoms with Crippen molar-refractivity contribution in [2.24, 2.45) is 0 Å². The molecule has 21 heavy (non-hydrogen) atoms. The average Bonchev–Trinajstić information content (AvgIpc) is 2.45. The molecule has 1 unspecified atom stereocenters. The zero-order chi connectivity index (χ0) is 15.6. The molecule has 1 N–H and O–H groups in total. The van der Waals surface area contributed by atoms with Gasteiger partial charge in [0.2, 0.25) is 0 Å². The van der Waals surface area contributed by atoms with Crippen molar-refractivity contribution in [3.63, 3.8) is 0 Å². The van der Waals surface area contributed by atoms with Crippen molar-refractivity contribution in [3.8, 4) is 0 Å². The van der Waals surface area contributed by atoms with Crippen LogP contribution in [0.25, 0.3) is 0 Å². The molecule has 0 amide bonds.